The standard InChI is InChI=1S/C9H14N2O2S2/c10-8-3-5-11(6-4-8)15(12,13)9-2-1-7-14-9/h1-2,7-8H,3-6,10H2. The van der Waals surface area contributed by atoms with E-state index in [1.54, 1.807) is 17.5 Å². The summed E-state index contributed by atoms with van der Waals surface area (Å²) >= 11 is 1.26. The first-order valence-electron chi connectivity index (χ1n) is 4.90. The van der Waals surface area contributed by atoms with Gasteiger partial charge in [-0.15, -0.1) is 11.3 Å². The summed E-state index contributed by atoms with van der Waals surface area (Å²) in [4.78, 5) is 0. The van der Waals surface area contributed by atoms with Gasteiger partial charge in [0.05, 0.1) is 0 Å². The summed E-state index contributed by atoms with van der Waals surface area (Å²) in [5.74, 6) is 0. The Hall–Kier alpha value is -0.430. The summed E-state index contributed by atoms with van der Waals surface area (Å²) < 4.78 is 26.1. The van der Waals surface area contributed by atoms with E-state index >= 15 is 0 Å². The van der Waals surface area contributed by atoms with E-state index in [-0.39, 0.29) is 6.04 Å². The van der Waals surface area contributed by atoms with Gasteiger partial charge in [-0.2, -0.15) is 4.31 Å². The molecule has 0 saturated carbocycles. The molecule has 1 aromatic heterocycles. The number of thiophene rings is 1. The van der Waals surface area contributed by atoms with Gasteiger partial charge in [0, 0.05) is 19.1 Å². The SMILES string of the molecule is NC1CCN(S(=O)(=O)c2cccs2)CC1. The number of hydrogen-bond donors (Lipinski definition) is 1. The van der Waals surface area contributed by atoms with Crippen LogP contribution in [0.1, 0.15) is 12.8 Å². The molecule has 0 unspecified atom stereocenters. The van der Waals surface area contributed by atoms with Crippen LogP contribution in [0, 0.1) is 0 Å². The van der Waals surface area contributed by atoms with E-state index < -0.39 is 10.0 Å². The maximum absolute atomic E-state index is 12.1. The van der Waals surface area contributed by atoms with Crippen LogP contribution in [0.4, 0.5) is 0 Å². The molecule has 84 valence electrons. The number of nitrogens with zero attached hydrogens (tertiary/aromatic N) is 1. The van der Waals surface area contributed by atoms with Crippen molar-refractivity contribution >= 4 is 21.4 Å². The highest BCUT2D eigenvalue weighted by Crippen LogP contribution is 2.23. The lowest BCUT2D eigenvalue weighted by atomic mass is 10.1. The Morgan fingerprint density at radius 3 is 2.60 bits per heavy atom. The van der Waals surface area contributed by atoms with Crippen molar-refractivity contribution in [3.8, 4) is 0 Å². The molecule has 4 nitrogen and oxygen atoms in total. The van der Waals surface area contributed by atoms with Crippen molar-refractivity contribution in [2.45, 2.75) is 23.1 Å². The summed E-state index contributed by atoms with van der Waals surface area (Å²) in [5.41, 5.74) is 5.74. The van der Waals surface area contributed by atoms with Gasteiger partial charge in [-0.05, 0) is 24.3 Å². The average Bonchev–Trinajstić information content (AvgIpc) is 2.71. The van der Waals surface area contributed by atoms with Crippen molar-refractivity contribution in [2.75, 3.05) is 13.1 Å². The largest absolute Gasteiger partial charge is 0.328 e. The molecule has 0 radical (unpaired) electrons. The zero-order chi connectivity index (χ0) is 10.9. The minimum atomic E-state index is -3.25. The van der Waals surface area contributed by atoms with Crippen LogP contribution in [0.25, 0.3) is 0 Å². The molecule has 1 fully saturated rings. The molecule has 2 rings (SSSR count). The van der Waals surface area contributed by atoms with Crippen molar-refractivity contribution in [2.24, 2.45) is 5.73 Å². The van der Waals surface area contributed by atoms with E-state index in [9.17, 15) is 8.42 Å². The third-order valence-electron chi connectivity index (χ3n) is 2.59. The van der Waals surface area contributed by atoms with Gasteiger partial charge in [-0.25, -0.2) is 8.42 Å². The first kappa shape index (κ1) is 11.1. The van der Waals surface area contributed by atoms with Crippen LogP contribution in [0.15, 0.2) is 21.7 Å². The highest BCUT2D eigenvalue weighted by atomic mass is 32.2. The number of rotatable bonds is 2. The van der Waals surface area contributed by atoms with Gasteiger partial charge in [-0.1, -0.05) is 6.07 Å². The molecule has 0 bridgehead atoms. The van der Waals surface area contributed by atoms with Gasteiger partial charge in [0.1, 0.15) is 4.21 Å². The Labute approximate surface area is 93.8 Å². The molecule has 0 aromatic carbocycles. The number of piperidine rings is 1. The van der Waals surface area contributed by atoms with Crippen LogP contribution < -0.4 is 5.73 Å². The minimum absolute atomic E-state index is 0.153. The predicted octanol–water partition coefficient (Wildman–Crippen LogP) is 0.860. The zero-order valence-electron chi connectivity index (χ0n) is 8.30. The highest BCUT2D eigenvalue weighted by molar-refractivity contribution is 7.91. The molecule has 1 saturated heterocycles. The van der Waals surface area contributed by atoms with Gasteiger partial charge in [0.25, 0.3) is 10.0 Å². The van der Waals surface area contributed by atoms with Gasteiger partial charge < -0.3 is 5.73 Å². The lowest BCUT2D eigenvalue weighted by molar-refractivity contribution is 0.320. The Bertz CT molecular complexity index is 405. The number of nitrogens with two attached hydrogens (primary N) is 1. The fourth-order valence-corrected chi connectivity index (χ4v) is 4.27. The molecule has 0 amide bonds. The summed E-state index contributed by atoms with van der Waals surface area (Å²) in [7, 11) is -3.25. The second-order valence-electron chi connectivity index (χ2n) is 3.67. The van der Waals surface area contributed by atoms with Crippen molar-refractivity contribution in [3.05, 3.63) is 17.5 Å². The maximum atomic E-state index is 12.1. The monoisotopic (exact) mass is 246 g/mol. The predicted molar refractivity (Wildman–Crippen MR) is 60.3 cm³/mol. The van der Waals surface area contributed by atoms with E-state index in [4.69, 9.17) is 5.73 Å². The molecule has 0 aliphatic carbocycles. The Morgan fingerprint density at radius 2 is 2.07 bits per heavy atom. The second kappa shape index (κ2) is 4.21. The molecule has 2 N–H and O–H groups in total. The number of hydrogen-bond acceptors (Lipinski definition) is 4. The molecule has 1 aromatic rings. The Kier molecular flexibility index (Phi) is 3.11. The summed E-state index contributed by atoms with van der Waals surface area (Å²) in [6.45, 7) is 1.09. The van der Waals surface area contributed by atoms with Crippen molar-refractivity contribution < 1.29 is 8.42 Å². The van der Waals surface area contributed by atoms with E-state index in [2.05, 4.69) is 0 Å². The number of sulfonamides is 1. The first-order chi connectivity index (χ1) is 7.10. The summed E-state index contributed by atoms with van der Waals surface area (Å²) in [6, 6.07) is 3.56. The molecule has 1 aliphatic heterocycles. The van der Waals surface area contributed by atoms with Crippen LogP contribution in [0.2, 0.25) is 0 Å². The van der Waals surface area contributed by atoms with E-state index in [1.807, 2.05) is 0 Å². The smallest absolute Gasteiger partial charge is 0.252 e. The fourth-order valence-electron chi connectivity index (χ4n) is 1.65. The van der Waals surface area contributed by atoms with E-state index in [1.165, 1.54) is 15.6 Å². The molecule has 0 atom stereocenters. The minimum Gasteiger partial charge on any atom is -0.328 e. The van der Waals surface area contributed by atoms with Crippen LogP contribution in [0.5, 0.6) is 0 Å². The molecule has 2 heterocycles. The third-order valence-corrected chi connectivity index (χ3v) is 5.86. The Morgan fingerprint density at radius 1 is 1.40 bits per heavy atom. The van der Waals surface area contributed by atoms with E-state index in [0.29, 0.717) is 17.3 Å². The maximum Gasteiger partial charge on any atom is 0.252 e. The van der Waals surface area contributed by atoms with Crippen LogP contribution in [-0.2, 0) is 10.0 Å². The first-order valence-corrected chi connectivity index (χ1v) is 7.22. The van der Waals surface area contributed by atoms with Gasteiger partial charge in [-0.3, -0.25) is 0 Å². The molecule has 6 heteroatoms. The molecular formula is C9H14N2O2S2. The normalized spacial score (nSPS) is 20.6. The molecule has 15 heavy (non-hydrogen) atoms. The van der Waals surface area contributed by atoms with Crippen LogP contribution in [0.3, 0.4) is 0 Å². The van der Waals surface area contributed by atoms with Crippen LogP contribution in [-0.4, -0.2) is 31.9 Å². The summed E-state index contributed by atoms with van der Waals surface area (Å²) in [6.07, 6.45) is 1.51. The third kappa shape index (κ3) is 2.23. The highest BCUT2D eigenvalue weighted by Gasteiger charge is 2.28. The van der Waals surface area contributed by atoms with Crippen molar-refractivity contribution in [3.63, 3.8) is 0 Å². The Balaban J connectivity index is 2.17. The topological polar surface area (TPSA) is 63.4 Å². The van der Waals surface area contributed by atoms with Crippen LogP contribution >= 0.6 is 11.3 Å². The quantitative estimate of drug-likeness (QED) is 0.842. The molecule has 1 aliphatic rings. The summed E-state index contributed by atoms with van der Waals surface area (Å²) in [5, 5.41) is 1.78. The van der Waals surface area contributed by atoms with Crippen molar-refractivity contribution in [1.82, 2.24) is 4.31 Å². The lowest BCUT2D eigenvalue weighted by Gasteiger charge is -2.28. The molecule has 0 spiro atoms. The fraction of sp³-hybridized carbons (Fsp3) is 0.556. The van der Waals surface area contributed by atoms with Gasteiger partial charge in [0.2, 0.25) is 0 Å². The second-order valence-corrected chi connectivity index (χ2v) is 6.79. The zero-order valence-corrected chi connectivity index (χ0v) is 9.93. The van der Waals surface area contributed by atoms with Gasteiger partial charge >= 0.3 is 0 Å². The van der Waals surface area contributed by atoms with Crippen molar-refractivity contribution in [1.29, 1.82) is 0 Å². The average molecular weight is 246 g/mol. The van der Waals surface area contributed by atoms with E-state index in [0.717, 1.165) is 12.8 Å². The lowest BCUT2D eigenvalue weighted by Crippen LogP contribution is -2.42. The molecular weight excluding hydrogens is 232 g/mol. The van der Waals surface area contributed by atoms with Gasteiger partial charge in [0.15, 0.2) is 0 Å².